The van der Waals surface area contributed by atoms with Crippen molar-refractivity contribution in [2.75, 3.05) is 7.11 Å². The van der Waals surface area contributed by atoms with Gasteiger partial charge >= 0.3 is 0 Å². The smallest absolute Gasteiger partial charge is 0.295 e. The number of hydrogen-bond acceptors (Lipinski definition) is 6. The van der Waals surface area contributed by atoms with Gasteiger partial charge in [0.15, 0.2) is 0 Å². The molecule has 1 fully saturated rings. The van der Waals surface area contributed by atoms with Crippen LogP contribution in [0.1, 0.15) is 49.1 Å². The molecule has 1 atom stereocenters. The van der Waals surface area contributed by atoms with Gasteiger partial charge in [0.2, 0.25) is 0 Å². The van der Waals surface area contributed by atoms with Gasteiger partial charge in [0.05, 0.1) is 23.6 Å². The van der Waals surface area contributed by atoms with E-state index in [1.165, 1.54) is 29.2 Å². The lowest BCUT2D eigenvalue weighted by atomic mass is 9.85. The van der Waals surface area contributed by atoms with Crippen LogP contribution >= 0.6 is 0 Å². The number of Topliss-reactive ketones (excluding diaryl/α,β-unsaturated/α-hetero) is 1. The topological polar surface area (TPSA) is 110 Å². The number of hydrogen-bond donors (Lipinski definition) is 1. The van der Waals surface area contributed by atoms with E-state index >= 15 is 0 Å². The predicted molar refractivity (Wildman–Crippen MR) is 139 cm³/mol. The van der Waals surface area contributed by atoms with Gasteiger partial charge in [-0.2, -0.15) is 0 Å². The Morgan fingerprint density at radius 3 is 2.08 bits per heavy atom. The number of rotatable bonds is 6. The van der Waals surface area contributed by atoms with Crippen molar-refractivity contribution in [3.8, 4) is 5.75 Å². The number of carbonyl (C=O) groups excluding carboxylic acids is 2. The van der Waals surface area contributed by atoms with Crippen LogP contribution in [-0.2, 0) is 21.5 Å². The van der Waals surface area contributed by atoms with Gasteiger partial charge in [-0.25, -0.2) is 0 Å². The number of methoxy groups -OCH3 is 1. The Hall–Kier alpha value is -4.46. The van der Waals surface area contributed by atoms with E-state index in [1.807, 2.05) is 36.4 Å². The van der Waals surface area contributed by atoms with Gasteiger partial charge in [-0.3, -0.25) is 19.7 Å². The number of nitrogens with zero attached hydrogens (tertiary/aromatic N) is 2. The molecule has 0 aliphatic carbocycles. The van der Waals surface area contributed by atoms with Crippen LogP contribution < -0.4 is 4.74 Å². The summed E-state index contributed by atoms with van der Waals surface area (Å²) in [5.74, 6) is -1.26. The zero-order valence-corrected chi connectivity index (χ0v) is 21.1. The van der Waals surface area contributed by atoms with Gasteiger partial charge in [0, 0.05) is 24.2 Å². The van der Waals surface area contributed by atoms with Crippen LogP contribution in [0.4, 0.5) is 5.69 Å². The number of aliphatic hydroxyl groups is 1. The maximum atomic E-state index is 13.3. The van der Waals surface area contributed by atoms with E-state index in [0.29, 0.717) is 11.3 Å². The third-order valence-electron chi connectivity index (χ3n) is 6.50. The van der Waals surface area contributed by atoms with Crippen LogP contribution in [0.3, 0.4) is 0 Å². The molecule has 1 aliphatic rings. The fourth-order valence-corrected chi connectivity index (χ4v) is 4.38. The standard InChI is InChI=1S/C29H28N2O6/c1-29(2,3)21-11-7-19(8-12-21)25-24(26(32)20-9-13-22(14-10-20)31(35)36)27(33)28(34)30(25)17-18-5-15-23(37-4)16-6-18/h5-16,25,32H,17H2,1-4H3/b26-24-. The van der Waals surface area contributed by atoms with Crippen LogP contribution in [0, 0.1) is 10.1 Å². The summed E-state index contributed by atoms with van der Waals surface area (Å²) in [5, 5.41) is 22.2. The molecule has 3 aromatic carbocycles. The van der Waals surface area contributed by atoms with Crippen LogP contribution in [0.2, 0.25) is 0 Å². The summed E-state index contributed by atoms with van der Waals surface area (Å²) in [6.07, 6.45) is 0. The van der Waals surface area contributed by atoms with Crippen LogP contribution in [-0.4, -0.2) is 33.7 Å². The Morgan fingerprint density at radius 2 is 1.57 bits per heavy atom. The van der Waals surface area contributed by atoms with E-state index in [4.69, 9.17) is 4.74 Å². The highest BCUT2D eigenvalue weighted by Crippen LogP contribution is 2.41. The molecule has 0 spiro atoms. The number of non-ortho nitro benzene ring substituents is 1. The van der Waals surface area contributed by atoms with Crippen molar-refractivity contribution in [2.24, 2.45) is 0 Å². The van der Waals surface area contributed by atoms with E-state index in [9.17, 15) is 24.8 Å². The molecule has 0 bridgehead atoms. The molecule has 3 aromatic rings. The van der Waals surface area contributed by atoms with E-state index in [0.717, 1.165) is 11.1 Å². The van der Waals surface area contributed by atoms with Crippen LogP contribution in [0.15, 0.2) is 78.4 Å². The second-order valence-electron chi connectivity index (χ2n) is 9.95. The largest absolute Gasteiger partial charge is 0.507 e. The van der Waals surface area contributed by atoms with Crippen molar-refractivity contribution in [1.29, 1.82) is 0 Å². The van der Waals surface area contributed by atoms with Crippen molar-refractivity contribution in [3.63, 3.8) is 0 Å². The van der Waals surface area contributed by atoms with Crippen LogP contribution in [0.5, 0.6) is 5.75 Å². The number of carbonyl (C=O) groups is 2. The average Bonchev–Trinajstić information content (AvgIpc) is 3.13. The summed E-state index contributed by atoms with van der Waals surface area (Å²) >= 11 is 0. The molecule has 8 nitrogen and oxygen atoms in total. The first kappa shape index (κ1) is 25.6. The molecule has 4 rings (SSSR count). The van der Waals surface area contributed by atoms with Gasteiger partial charge in [-0.15, -0.1) is 0 Å². The summed E-state index contributed by atoms with van der Waals surface area (Å²) in [6, 6.07) is 19.2. The minimum absolute atomic E-state index is 0.0594. The predicted octanol–water partition coefficient (Wildman–Crippen LogP) is 5.52. The third-order valence-corrected chi connectivity index (χ3v) is 6.50. The van der Waals surface area contributed by atoms with E-state index in [-0.39, 0.29) is 34.5 Å². The number of benzene rings is 3. The van der Waals surface area contributed by atoms with E-state index in [2.05, 4.69) is 20.8 Å². The summed E-state index contributed by atoms with van der Waals surface area (Å²) in [5.41, 5.74) is 2.45. The molecule has 190 valence electrons. The number of nitro groups is 1. The first-order valence-corrected chi connectivity index (χ1v) is 11.8. The monoisotopic (exact) mass is 500 g/mol. The molecule has 8 heteroatoms. The highest BCUT2D eigenvalue weighted by molar-refractivity contribution is 6.46. The third kappa shape index (κ3) is 5.09. The van der Waals surface area contributed by atoms with Gasteiger partial charge < -0.3 is 14.7 Å². The minimum Gasteiger partial charge on any atom is -0.507 e. The average molecular weight is 501 g/mol. The molecule has 0 radical (unpaired) electrons. The molecule has 0 aromatic heterocycles. The number of amides is 1. The number of ketones is 1. The fourth-order valence-electron chi connectivity index (χ4n) is 4.38. The Labute approximate surface area is 215 Å². The maximum Gasteiger partial charge on any atom is 0.295 e. The highest BCUT2D eigenvalue weighted by Gasteiger charge is 2.46. The lowest BCUT2D eigenvalue weighted by Crippen LogP contribution is -2.29. The minimum atomic E-state index is -0.841. The molecule has 1 amide bonds. The fraction of sp³-hybridized carbons (Fsp3) is 0.241. The molecular formula is C29H28N2O6. The molecular weight excluding hydrogens is 472 g/mol. The van der Waals surface area contributed by atoms with Gasteiger partial charge in [0.25, 0.3) is 17.4 Å². The molecule has 37 heavy (non-hydrogen) atoms. The van der Waals surface area contributed by atoms with Crippen molar-refractivity contribution in [1.82, 2.24) is 4.90 Å². The normalized spacial score (nSPS) is 17.2. The Balaban J connectivity index is 1.82. The highest BCUT2D eigenvalue weighted by atomic mass is 16.6. The Morgan fingerprint density at radius 1 is 0.973 bits per heavy atom. The molecule has 1 unspecified atom stereocenters. The number of nitro benzene ring substituents is 1. The van der Waals surface area contributed by atoms with E-state index in [1.54, 1.807) is 19.2 Å². The summed E-state index contributed by atoms with van der Waals surface area (Å²) in [4.78, 5) is 38.5. The second kappa shape index (κ2) is 9.89. The van der Waals surface area contributed by atoms with Gasteiger partial charge in [-0.1, -0.05) is 57.2 Å². The van der Waals surface area contributed by atoms with Crippen molar-refractivity contribution in [2.45, 2.75) is 38.8 Å². The zero-order valence-electron chi connectivity index (χ0n) is 21.1. The lowest BCUT2D eigenvalue weighted by molar-refractivity contribution is -0.384. The summed E-state index contributed by atoms with van der Waals surface area (Å²) < 4.78 is 5.21. The maximum absolute atomic E-state index is 13.3. The number of likely N-dealkylation sites (tertiary alicyclic amines) is 1. The Kier molecular flexibility index (Phi) is 6.85. The first-order valence-electron chi connectivity index (χ1n) is 11.8. The Bertz CT molecular complexity index is 1370. The molecule has 1 N–H and O–H groups in total. The number of aliphatic hydroxyl groups excluding tert-OH is 1. The van der Waals surface area contributed by atoms with Gasteiger partial charge in [-0.05, 0) is 46.4 Å². The van der Waals surface area contributed by atoms with E-state index < -0.39 is 22.7 Å². The van der Waals surface area contributed by atoms with Crippen molar-refractivity contribution < 1.29 is 24.4 Å². The summed E-state index contributed by atoms with van der Waals surface area (Å²) in [6.45, 7) is 6.41. The lowest BCUT2D eigenvalue weighted by Gasteiger charge is -2.26. The molecule has 1 saturated heterocycles. The number of ether oxygens (including phenoxy) is 1. The van der Waals surface area contributed by atoms with Crippen LogP contribution in [0.25, 0.3) is 5.76 Å². The summed E-state index contributed by atoms with van der Waals surface area (Å²) in [7, 11) is 1.56. The van der Waals surface area contributed by atoms with Crippen molar-refractivity contribution >= 4 is 23.1 Å². The first-order chi connectivity index (χ1) is 17.5. The van der Waals surface area contributed by atoms with Gasteiger partial charge in [0.1, 0.15) is 11.5 Å². The molecule has 0 saturated carbocycles. The van der Waals surface area contributed by atoms with Crippen molar-refractivity contribution in [3.05, 3.63) is 111 Å². The molecule has 1 aliphatic heterocycles. The molecule has 1 heterocycles. The quantitative estimate of drug-likeness (QED) is 0.157. The second-order valence-corrected chi connectivity index (χ2v) is 9.95. The zero-order chi connectivity index (χ0) is 26.9. The SMILES string of the molecule is COc1ccc(CN2C(=O)C(=O)/C(=C(\O)c3ccc([N+](=O)[O-])cc3)C2c2ccc(C(C)(C)C)cc2)cc1.